The SMILES string of the molecule is O=C(Cc1cccc(N2CCCCC2)c1)NCc1ccc(-c2ccc(OCCN3CCOCC3)cc2)cc1. The number of anilines is 1. The van der Waals surface area contributed by atoms with Crippen LogP contribution in [0.2, 0.25) is 0 Å². The number of carbonyl (C=O) groups excluding carboxylic acids is 1. The Hall–Kier alpha value is -3.35. The van der Waals surface area contributed by atoms with Crippen molar-refractivity contribution in [2.45, 2.75) is 32.2 Å². The molecule has 0 atom stereocenters. The number of rotatable bonds is 10. The van der Waals surface area contributed by atoms with Gasteiger partial charge in [0.2, 0.25) is 5.91 Å². The minimum Gasteiger partial charge on any atom is -0.492 e. The van der Waals surface area contributed by atoms with E-state index in [9.17, 15) is 4.79 Å². The molecule has 3 aromatic rings. The van der Waals surface area contributed by atoms with Crippen LogP contribution in [-0.4, -0.2) is 63.4 Å². The molecule has 0 saturated carbocycles. The zero-order valence-corrected chi connectivity index (χ0v) is 22.2. The van der Waals surface area contributed by atoms with Gasteiger partial charge in [0.1, 0.15) is 12.4 Å². The van der Waals surface area contributed by atoms with Gasteiger partial charge in [-0.05, 0) is 65.8 Å². The zero-order valence-electron chi connectivity index (χ0n) is 22.2. The van der Waals surface area contributed by atoms with Crippen LogP contribution >= 0.6 is 0 Å². The third kappa shape index (κ3) is 7.59. The summed E-state index contributed by atoms with van der Waals surface area (Å²) in [5.41, 5.74) is 5.68. The van der Waals surface area contributed by atoms with E-state index in [4.69, 9.17) is 9.47 Å². The molecule has 0 unspecified atom stereocenters. The lowest BCUT2D eigenvalue weighted by Gasteiger charge is -2.29. The number of piperidine rings is 1. The molecule has 2 heterocycles. The van der Waals surface area contributed by atoms with Crippen molar-refractivity contribution in [3.63, 3.8) is 0 Å². The summed E-state index contributed by atoms with van der Waals surface area (Å²) in [6.07, 6.45) is 4.22. The van der Waals surface area contributed by atoms with E-state index in [0.29, 0.717) is 19.6 Å². The second-order valence-corrected chi connectivity index (χ2v) is 10.2. The Bertz CT molecular complexity index is 1150. The highest BCUT2D eigenvalue weighted by Gasteiger charge is 2.12. The molecule has 2 aliphatic rings. The van der Waals surface area contributed by atoms with Gasteiger partial charge in [-0.15, -0.1) is 0 Å². The molecule has 6 heteroatoms. The van der Waals surface area contributed by atoms with Gasteiger partial charge in [-0.3, -0.25) is 9.69 Å². The van der Waals surface area contributed by atoms with E-state index in [1.54, 1.807) is 0 Å². The highest BCUT2D eigenvalue weighted by atomic mass is 16.5. The summed E-state index contributed by atoms with van der Waals surface area (Å²) < 4.78 is 11.3. The molecule has 0 bridgehead atoms. The van der Waals surface area contributed by atoms with Gasteiger partial charge in [0.05, 0.1) is 19.6 Å². The molecule has 6 nitrogen and oxygen atoms in total. The molecule has 2 aliphatic heterocycles. The summed E-state index contributed by atoms with van der Waals surface area (Å²) in [6, 6.07) is 25.1. The maximum atomic E-state index is 12.6. The largest absolute Gasteiger partial charge is 0.492 e. The molecule has 0 spiro atoms. The summed E-state index contributed by atoms with van der Waals surface area (Å²) in [6.45, 7) is 7.94. The summed E-state index contributed by atoms with van der Waals surface area (Å²) in [4.78, 5) is 17.4. The Kier molecular flexibility index (Phi) is 9.29. The number of hydrogen-bond donors (Lipinski definition) is 1. The van der Waals surface area contributed by atoms with Gasteiger partial charge in [-0.2, -0.15) is 0 Å². The molecule has 0 radical (unpaired) electrons. The maximum Gasteiger partial charge on any atom is 0.224 e. The van der Waals surface area contributed by atoms with Crippen LogP contribution in [0, 0.1) is 0 Å². The molecular weight excluding hydrogens is 474 g/mol. The molecular formula is C32H39N3O3. The van der Waals surface area contributed by atoms with Crippen LogP contribution in [0.4, 0.5) is 5.69 Å². The van der Waals surface area contributed by atoms with Gasteiger partial charge >= 0.3 is 0 Å². The molecule has 2 fully saturated rings. The minimum atomic E-state index is 0.0501. The first-order valence-corrected chi connectivity index (χ1v) is 14.0. The molecule has 0 aromatic heterocycles. The first kappa shape index (κ1) is 26.3. The van der Waals surface area contributed by atoms with Crippen molar-refractivity contribution in [1.29, 1.82) is 0 Å². The van der Waals surface area contributed by atoms with Crippen molar-refractivity contribution >= 4 is 11.6 Å². The van der Waals surface area contributed by atoms with E-state index >= 15 is 0 Å². The van der Waals surface area contributed by atoms with Crippen molar-refractivity contribution in [1.82, 2.24) is 10.2 Å². The number of benzene rings is 3. The van der Waals surface area contributed by atoms with Crippen molar-refractivity contribution in [3.05, 3.63) is 83.9 Å². The third-order valence-corrected chi connectivity index (χ3v) is 7.41. The van der Waals surface area contributed by atoms with Crippen LogP contribution in [0.25, 0.3) is 11.1 Å². The molecule has 1 N–H and O–H groups in total. The standard InChI is InChI=1S/C32H39N3O3/c36-32(24-27-5-4-6-30(23-27)35-15-2-1-3-16-35)33-25-26-7-9-28(10-8-26)29-11-13-31(14-12-29)38-22-19-34-17-20-37-21-18-34/h4-14,23H,1-3,15-22,24-25H2,(H,33,36). The van der Waals surface area contributed by atoms with E-state index in [2.05, 4.69) is 69.7 Å². The van der Waals surface area contributed by atoms with Crippen LogP contribution in [0.15, 0.2) is 72.8 Å². The lowest BCUT2D eigenvalue weighted by atomic mass is 10.0. The number of nitrogens with zero attached hydrogens (tertiary/aromatic N) is 2. The van der Waals surface area contributed by atoms with Crippen LogP contribution in [0.1, 0.15) is 30.4 Å². The van der Waals surface area contributed by atoms with Gasteiger partial charge in [-0.1, -0.05) is 48.5 Å². The second kappa shape index (κ2) is 13.4. The lowest BCUT2D eigenvalue weighted by molar-refractivity contribution is -0.120. The molecule has 5 rings (SSSR count). The predicted octanol–water partition coefficient (Wildman–Crippen LogP) is 4.91. The first-order chi connectivity index (χ1) is 18.7. The molecule has 200 valence electrons. The molecule has 2 saturated heterocycles. The average Bonchev–Trinajstić information content (AvgIpc) is 2.98. The summed E-state index contributed by atoms with van der Waals surface area (Å²) in [5.74, 6) is 0.942. The zero-order chi connectivity index (χ0) is 26.0. The normalized spacial score (nSPS) is 16.3. The Balaban J connectivity index is 1.06. The first-order valence-electron chi connectivity index (χ1n) is 14.0. The topological polar surface area (TPSA) is 54.0 Å². The summed E-state index contributed by atoms with van der Waals surface area (Å²) >= 11 is 0. The van der Waals surface area contributed by atoms with Crippen molar-refractivity contribution in [3.8, 4) is 16.9 Å². The van der Waals surface area contributed by atoms with E-state index in [1.165, 1.54) is 24.9 Å². The Morgan fingerprint density at radius 1 is 0.816 bits per heavy atom. The number of hydrogen-bond acceptors (Lipinski definition) is 5. The number of carbonyl (C=O) groups is 1. The molecule has 0 aliphatic carbocycles. The van der Waals surface area contributed by atoms with Crippen molar-refractivity contribution < 1.29 is 14.3 Å². The minimum absolute atomic E-state index is 0.0501. The smallest absolute Gasteiger partial charge is 0.224 e. The highest BCUT2D eigenvalue weighted by Crippen LogP contribution is 2.23. The van der Waals surface area contributed by atoms with E-state index < -0.39 is 0 Å². The fourth-order valence-corrected chi connectivity index (χ4v) is 5.14. The van der Waals surface area contributed by atoms with Gasteiger partial charge in [-0.25, -0.2) is 0 Å². The van der Waals surface area contributed by atoms with Gasteiger partial charge in [0.25, 0.3) is 0 Å². The lowest BCUT2D eigenvalue weighted by Crippen LogP contribution is -2.38. The number of amides is 1. The second-order valence-electron chi connectivity index (χ2n) is 10.2. The summed E-state index contributed by atoms with van der Waals surface area (Å²) in [5, 5.41) is 3.08. The van der Waals surface area contributed by atoms with E-state index in [1.807, 2.05) is 18.2 Å². The third-order valence-electron chi connectivity index (χ3n) is 7.41. The average molecular weight is 514 g/mol. The number of ether oxygens (including phenoxy) is 2. The van der Waals surface area contributed by atoms with Crippen molar-refractivity contribution in [2.24, 2.45) is 0 Å². The van der Waals surface area contributed by atoms with Crippen LogP contribution in [0.5, 0.6) is 5.75 Å². The van der Waals surface area contributed by atoms with Crippen LogP contribution in [0.3, 0.4) is 0 Å². The van der Waals surface area contributed by atoms with E-state index in [-0.39, 0.29) is 5.91 Å². The van der Waals surface area contributed by atoms with Gasteiger partial charge in [0.15, 0.2) is 0 Å². The number of nitrogens with one attached hydrogen (secondary N) is 1. The fourth-order valence-electron chi connectivity index (χ4n) is 5.14. The monoisotopic (exact) mass is 513 g/mol. The van der Waals surface area contributed by atoms with E-state index in [0.717, 1.165) is 73.9 Å². The van der Waals surface area contributed by atoms with Crippen LogP contribution < -0.4 is 15.0 Å². The Morgan fingerprint density at radius 3 is 2.26 bits per heavy atom. The Labute approximate surface area is 226 Å². The molecule has 1 amide bonds. The Morgan fingerprint density at radius 2 is 1.53 bits per heavy atom. The molecule has 3 aromatic carbocycles. The quantitative estimate of drug-likeness (QED) is 0.417. The van der Waals surface area contributed by atoms with Gasteiger partial charge < -0.3 is 19.7 Å². The van der Waals surface area contributed by atoms with Crippen molar-refractivity contribution in [2.75, 3.05) is 57.4 Å². The number of morpholine rings is 1. The summed E-state index contributed by atoms with van der Waals surface area (Å²) in [7, 11) is 0. The predicted molar refractivity (Wildman–Crippen MR) is 153 cm³/mol. The van der Waals surface area contributed by atoms with Gasteiger partial charge in [0, 0.05) is 45.0 Å². The van der Waals surface area contributed by atoms with Crippen LogP contribution in [-0.2, 0) is 22.5 Å². The highest BCUT2D eigenvalue weighted by molar-refractivity contribution is 5.79. The molecule has 38 heavy (non-hydrogen) atoms. The fraction of sp³-hybridized carbons (Fsp3) is 0.406. The maximum absolute atomic E-state index is 12.6.